The molecule has 3 N–H and O–H groups in total. The molecule has 8 nitrogen and oxygen atoms in total. The normalized spacial score (nSPS) is 15.8. The van der Waals surface area contributed by atoms with Crippen LogP contribution in [0.2, 0.25) is 0 Å². The topological polar surface area (TPSA) is 118 Å². The molecule has 3 aromatic carbocycles. The van der Waals surface area contributed by atoms with Crippen molar-refractivity contribution in [2.24, 2.45) is 0 Å². The molecule has 0 bridgehead atoms. The van der Waals surface area contributed by atoms with Crippen LogP contribution in [0.25, 0.3) is 33.4 Å². The zero-order valence-electron chi connectivity index (χ0n) is 19.2. The Labute approximate surface area is 205 Å². The van der Waals surface area contributed by atoms with Gasteiger partial charge in [-0.25, -0.2) is 4.79 Å². The maximum Gasteiger partial charge on any atom is 0.405 e. The van der Waals surface area contributed by atoms with Crippen LogP contribution in [0, 0.1) is 0 Å². The Balaban J connectivity index is 1.54. The number of fused-ring (bicyclic) bond motifs is 3. The second-order valence-corrected chi connectivity index (χ2v) is 9.10. The second kappa shape index (κ2) is 8.27. The SMILES string of the molecule is O=C(O)NC1(c2ccc(-c3c(-c4ccccc4)oc4c5c(ccc4c3=O)NC(=O)CO5)cc2)CCC1. The first-order valence-corrected chi connectivity index (χ1v) is 11.7. The van der Waals surface area contributed by atoms with Gasteiger partial charge in [0.15, 0.2) is 17.9 Å². The van der Waals surface area contributed by atoms with Crippen LogP contribution in [0.15, 0.2) is 75.9 Å². The van der Waals surface area contributed by atoms with Crippen LogP contribution in [-0.4, -0.2) is 23.7 Å². The molecule has 0 saturated heterocycles. The van der Waals surface area contributed by atoms with Crippen molar-refractivity contribution in [3.63, 3.8) is 0 Å². The van der Waals surface area contributed by atoms with E-state index in [1.54, 1.807) is 12.1 Å². The van der Waals surface area contributed by atoms with Crippen LogP contribution in [0.1, 0.15) is 24.8 Å². The van der Waals surface area contributed by atoms with Crippen molar-refractivity contribution >= 4 is 28.7 Å². The Hall–Kier alpha value is -4.59. The molecular formula is C28H22N2O6. The number of anilines is 1. The zero-order valence-corrected chi connectivity index (χ0v) is 19.2. The van der Waals surface area contributed by atoms with E-state index in [1.165, 1.54) is 0 Å². The van der Waals surface area contributed by atoms with E-state index in [-0.39, 0.29) is 23.5 Å². The molecule has 2 amide bonds. The van der Waals surface area contributed by atoms with E-state index in [0.29, 0.717) is 33.7 Å². The predicted octanol–water partition coefficient (Wildman–Crippen LogP) is 5.10. The van der Waals surface area contributed by atoms with Gasteiger partial charge in [-0.05, 0) is 42.5 Å². The van der Waals surface area contributed by atoms with Crippen molar-refractivity contribution in [2.45, 2.75) is 24.8 Å². The smallest absolute Gasteiger partial charge is 0.405 e. The lowest BCUT2D eigenvalue weighted by Gasteiger charge is -2.42. The number of hydrogen-bond acceptors (Lipinski definition) is 5. The van der Waals surface area contributed by atoms with Gasteiger partial charge < -0.3 is 24.9 Å². The van der Waals surface area contributed by atoms with Crippen molar-refractivity contribution in [3.05, 3.63) is 82.5 Å². The van der Waals surface area contributed by atoms with E-state index in [4.69, 9.17) is 9.15 Å². The molecular weight excluding hydrogens is 460 g/mol. The van der Waals surface area contributed by atoms with Crippen LogP contribution in [0.5, 0.6) is 5.75 Å². The number of ether oxygens (including phenoxy) is 1. The first kappa shape index (κ1) is 21.9. The van der Waals surface area contributed by atoms with Gasteiger partial charge in [-0.2, -0.15) is 0 Å². The number of nitrogens with one attached hydrogen (secondary N) is 2. The lowest BCUT2D eigenvalue weighted by atomic mass is 9.71. The quantitative estimate of drug-likeness (QED) is 0.372. The molecule has 4 aromatic rings. The van der Waals surface area contributed by atoms with E-state index in [2.05, 4.69) is 10.6 Å². The van der Waals surface area contributed by atoms with Crippen molar-refractivity contribution in [3.8, 4) is 28.2 Å². The minimum Gasteiger partial charge on any atom is -0.478 e. The molecule has 36 heavy (non-hydrogen) atoms. The fourth-order valence-corrected chi connectivity index (χ4v) is 5.03. The molecule has 2 aliphatic rings. The van der Waals surface area contributed by atoms with Gasteiger partial charge in [0.05, 0.1) is 22.2 Å². The third kappa shape index (κ3) is 3.50. The number of carbonyl (C=O) groups is 2. The van der Waals surface area contributed by atoms with Gasteiger partial charge in [0, 0.05) is 5.56 Å². The van der Waals surface area contributed by atoms with Crippen LogP contribution >= 0.6 is 0 Å². The number of carbonyl (C=O) groups excluding carboxylic acids is 1. The summed E-state index contributed by atoms with van der Waals surface area (Å²) in [6.45, 7) is -0.161. The molecule has 2 heterocycles. The van der Waals surface area contributed by atoms with Gasteiger partial charge in [0.2, 0.25) is 5.43 Å². The maximum atomic E-state index is 13.9. The number of rotatable bonds is 4. The largest absolute Gasteiger partial charge is 0.478 e. The van der Waals surface area contributed by atoms with E-state index in [9.17, 15) is 19.5 Å². The maximum absolute atomic E-state index is 13.9. The summed E-state index contributed by atoms with van der Waals surface area (Å²) in [6.07, 6.45) is 1.35. The second-order valence-electron chi connectivity index (χ2n) is 9.10. The molecule has 1 fully saturated rings. The summed E-state index contributed by atoms with van der Waals surface area (Å²) in [4.78, 5) is 37.0. The van der Waals surface area contributed by atoms with Gasteiger partial charge in [0.25, 0.3) is 5.91 Å². The molecule has 8 heteroatoms. The van der Waals surface area contributed by atoms with E-state index in [1.807, 2.05) is 54.6 Å². The highest BCUT2D eigenvalue weighted by atomic mass is 16.5. The third-order valence-corrected chi connectivity index (χ3v) is 6.95. The molecule has 1 aliphatic carbocycles. The number of carboxylic acid groups (broad SMARTS) is 1. The lowest BCUT2D eigenvalue weighted by molar-refractivity contribution is -0.118. The molecule has 0 unspecified atom stereocenters. The van der Waals surface area contributed by atoms with Gasteiger partial charge in [-0.15, -0.1) is 0 Å². The third-order valence-electron chi connectivity index (χ3n) is 6.95. The fraction of sp³-hybridized carbons (Fsp3) is 0.179. The fourth-order valence-electron chi connectivity index (χ4n) is 5.03. The van der Waals surface area contributed by atoms with Crippen molar-refractivity contribution < 1.29 is 23.8 Å². The number of benzene rings is 3. The van der Waals surface area contributed by atoms with Crippen molar-refractivity contribution in [2.75, 3.05) is 11.9 Å². The van der Waals surface area contributed by atoms with Crippen molar-refractivity contribution in [1.82, 2.24) is 5.32 Å². The highest BCUT2D eigenvalue weighted by Gasteiger charge is 2.40. The summed E-state index contributed by atoms with van der Waals surface area (Å²) in [5.41, 5.74) is 2.54. The monoisotopic (exact) mass is 482 g/mol. The van der Waals surface area contributed by atoms with Crippen LogP contribution in [-0.2, 0) is 10.3 Å². The van der Waals surface area contributed by atoms with E-state index in [0.717, 1.165) is 30.4 Å². The zero-order chi connectivity index (χ0) is 24.9. The molecule has 0 atom stereocenters. The minimum atomic E-state index is -1.05. The standard InChI is InChI=1S/C28H22N2O6/c31-21-15-35-26-20(29-21)12-11-19-23(32)22(24(36-25(19)26)17-5-2-1-3-6-17)16-7-9-18(10-8-16)28(13-4-14-28)30-27(33)34/h1-3,5-12,30H,4,13-15H2,(H,29,31)(H,33,34). The molecule has 6 rings (SSSR count). The molecule has 1 aliphatic heterocycles. The lowest BCUT2D eigenvalue weighted by Crippen LogP contribution is -2.50. The Bertz CT molecular complexity index is 1570. The predicted molar refractivity (Wildman–Crippen MR) is 134 cm³/mol. The highest BCUT2D eigenvalue weighted by molar-refractivity contribution is 6.02. The van der Waals surface area contributed by atoms with Crippen LogP contribution in [0.3, 0.4) is 0 Å². The summed E-state index contributed by atoms with van der Waals surface area (Å²) < 4.78 is 12.0. The summed E-state index contributed by atoms with van der Waals surface area (Å²) in [5.74, 6) is 0.442. The van der Waals surface area contributed by atoms with Gasteiger partial charge in [0.1, 0.15) is 5.76 Å². The van der Waals surface area contributed by atoms with Gasteiger partial charge in [-0.1, -0.05) is 54.6 Å². The van der Waals surface area contributed by atoms with Crippen molar-refractivity contribution in [1.29, 1.82) is 0 Å². The summed E-state index contributed by atoms with van der Waals surface area (Å²) in [5, 5.41) is 15.1. The van der Waals surface area contributed by atoms with E-state index < -0.39 is 11.6 Å². The summed E-state index contributed by atoms with van der Waals surface area (Å²) in [7, 11) is 0. The molecule has 1 saturated carbocycles. The summed E-state index contributed by atoms with van der Waals surface area (Å²) >= 11 is 0. The Morgan fingerprint density at radius 2 is 1.69 bits per heavy atom. The van der Waals surface area contributed by atoms with Gasteiger partial charge >= 0.3 is 6.09 Å². The molecule has 0 radical (unpaired) electrons. The average molecular weight is 482 g/mol. The average Bonchev–Trinajstić information content (AvgIpc) is 2.86. The number of amides is 2. The number of hydrogen-bond donors (Lipinski definition) is 3. The Morgan fingerprint density at radius 1 is 0.944 bits per heavy atom. The van der Waals surface area contributed by atoms with Gasteiger partial charge in [-0.3, -0.25) is 9.59 Å². The Kier molecular flexibility index (Phi) is 5.03. The van der Waals surface area contributed by atoms with E-state index >= 15 is 0 Å². The summed E-state index contributed by atoms with van der Waals surface area (Å²) in [6, 6.07) is 20.0. The Morgan fingerprint density at radius 3 is 2.36 bits per heavy atom. The highest BCUT2D eigenvalue weighted by Crippen LogP contribution is 2.43. The van der Waals surface area contributed by atoms with Crippen LogP contribution < -0.4 is 20.8 Å². The first-order valence-electron chi connectivity index (χ1n) is 11.7. The minimum absolute atomic E-state index is 0.161. The molecule has 180 valence electrons. The molecule has 1 aromatic heterocycles. The first-order chi connectivity index (χ1) is 17.4. The molecule has 0 spiro atoms. The van der Waals surface area contributed by atoms with Crippen LogP contribution in [0.4, 0.5) is 10.5 Å².